The van der Waals surface area contributed by atoms with E-state index >= 15 is 0 Å². The highest BCUT2D eigenvalue weighted by Gasteiger charge is 2.46. The molecule has 0 amide bonds. The second kappa shape index (κ2) is 3.99. The van der Waals surface area contributed by atoms with Crippen LogP contribution in [0.3, 0.4) is 0 Å². The summed E-state index contributed by atoms with van der Waals surface area (Å²) in [6.45, 7) is 0.147. The van der Waals surface area contributed by atoms with Gasteiger partial charge < -0.3 is 9.47 Å². The highest BCUT2D eigenvalue weighted by atomic mass is 79.9. The van der Waals surface area contributed by atoms with Gasteiger partial charge >= 0.3 is 4.63 Å². The molecule has 0 aliphatic carbocycles. The summed E-state index contributed by atoms with van der Waals surface area (Å²) in [6, 6.07) is 0. The van der Waals surface area contributed by atoms with Crippen LogP contribution in [0, 0.1) is 10.1 Å². The summed E-state index contributed by atoms with van der Waals surface area (Å²) in [7, 11) is 0. The monoisotopic (exact) mass is 303 g/mol. The van der Waals surface area contributed by atoms with Gasteiger partial charge in [0.15, 0.2) is 6.61 Å². The molecule has 1 aliphatic rings. The Balaban J connectivity index is 2.49. The number of nitro groups is 1. The number of hydrogen-bond acceptors (Lipinski definition) is 4. The number of halogens is 2. The molecule has 5 nitrogen and oxygen atoms in total. The number of ether oxygens (including phenoxy) is 2. The molecule has 1 fully saturated rings. The molecule has 0 spiro atoms. The molecular weight excluding hydrogens is 298 g/mol. The maximum atomic E-state index is 10.4. The number of hydrogen-bond donors (Lipinski definition) is 0. The van der Waals surface area contributed by atoms with E-state index in [1.54, 1.807) is 0 Å². The van der Waals surface area contributed by atoms with E-state index in [0.717, 1.165) is 0 Å². The molecule has 1 aliphatic heterocycles. The molecule has 0 aromatic carbocycles. The second-order valence-electron chi connectivity index (χ2n) is 2.34. The fourth-order valence-corrected chi connectivity index (χ4v) is 1.36. The fourth-order valence-electron chi connectivity index (χ4n) is 0.726. The predicted molar refractivity (Wildman–Crippen MR) is 48.1 cm³/mol. The van der Waals surface area contributed by atoms with Gasteiger partial charge in [-0.3, -0.25) is 10.1 Å². The Morgan fingerprint density at radius 2 is 2.42 bits per heavy atom. The second-order valence-corrected chi connectivity index (χ2v) is 4.23. The van der Waals surface area contributed by atoms with E-state index < -0.39 is 9.56 Å². The first-order chi connectivity index (χ1) is 5.58. The summed E-state index contributed by atoms with van der Waals surface area (Å²) in [5, 5.41) is 11.0. The van der Waals surface area contributed by atoms with Crippen molar-refractivity contribution in [3.63, 3.8) is 0 Å². The van der Waals surface area contributed by atoms with Crippen LogP contribution in [0.1, 0.15) is 0 Å². The topological polar surface area (TPSA) is 61.6 Å². The first-order valence-corrected chi connectivity index (χ1v) is 5.15. The molecule has 0 saturated carbocycles. The lowest BCUT2D eigenvalue weighted by molar-refractivity contribution is -0.603. The molecule has 1 saturated heterocycles. The van der Waals surface area contributed by atoms with Gasteiger partial charge in [-0.05, 0) is 0 Å². The van der Waals surface area contributed by atoms with Crippen molar-refractivity contribution in [2.45, 2.75) is 10.7 Å². The molecule has 1 heterocycles. The molecule has 1 rings (SSSR count). The predicted octanol–water partition coefficient (Wildman–Crippen LogP) is 1.12. The van der Waals surface area contributed by atoms with Crippen molar-refractivity contribution in [3.8, 4) is 0 Å². The van der Waals surface area contributed by atoms with Crippen molar-refractivity contribution < 1.29 is 14.4 Å². The van der Waals surface area contributed by atoms with E-state index in [2.05, 4.69) is 31.9 Å². The van der Waals surface area contributed by atoms with Crippen LogP contribution in [0.15, 0.2) is 0 Å². The summed E-state index contributed by atoms with van der Waals surface area (Å²) in [6.07, 6.45) is -0.101. The van der Waals surface area contributed by atoms with Gasteiger partial charge in [0, 0.05) is 21.3 Å². The highest BCUT2D eigenvalue weighted by Crippen LogP contribution is 2.26. The van der Waals surface area contributed by atoms with Gasteiger partial charge in [-0.25, -0.2) is 0 Å². The molecule has 0 bridgehead atoms. The van der Waals surface area contributed by atoms with E-state index in [-0.39, 0.29) is 19.3 Å². The largest absolute Gasteiger partial charge is 0.403 e. The Bertz CT molecular complexity index is 180. The van der Waals surface area contributed by atoms with E-state index in [1.165, 1.54) is 0 Å². The minimum absolute atomic E-state index is 0.0731. The van der Waals surface area contributed by atoms with Gasteiger partial charge in [-0.2, -0.15) is 0 Å². The third kappa shape index (κ3) is 2.15. The Morgan fingerprint density at radius 3 is 2.75 bits per heavy atom. The summed E-state index contributed by atoms with van der Waals surface area (Å²) < 4.78 is 8.59. The summed E-state index contributed by atoms with van der Waals surface area (Å²) in [5.41, 5.74) is 0. The fraction of sp³-hybridized carbons (Fsp3) is 1.00. The number of alkyl halides is 2. The lowest BCUT2D eigenvalue weighted by atomic mass is 10.4. The third-order valence-corrected chi connectivity index (χ3v) is 2.90. The Hall–Kier alpha value is 0.280. The van der Waals surface area contributed by atoms with Gasteiger partial charge in [0.2, 0.25) is 0 Å². The van der Waals surface area contributed by atoms with Crippen LogP contribution >= 0.6 is 31.9 Å². The Labute approximate surface area is 85.8 Å². The normalized spacial score (nSPS) is 36.3. The molecule has 0 N–H and O–H groups in total. The Morgan fingerprint density at radius 1 is 1.75 bits per heavy atom. The van der Waals surface area contributed by atoms with Crippen molar-refractivity contribution in [3.05, 3.63) is 10.1 Å². The molecule has 70 valence electrons. The van der Waals surface area contributed by atoms with Gasteiger partial charge in [-0.15, -0.1) is 0 Å². The number of rotatable bonds is 2. The van der Waals surface area contributed by atoms with Crippen LogP contribution in [0.25, 0.3) is 0 Å². The molecule has 0 aromatic heterocycles. The molecule has 12 heavy (non-hydrogen) atoms. The van der Waals surface area contributed by atoms with Crippen molar-refractivity contribution in [2.24, 2.45) is 0 Å². The van der Waals surface area contributed by atoms with Crippen LogP contribution in [0.5, 0.6) is 0 Å². The molecule has 2 unspecified atom stereocenters. The zero-order valence-electron chi connectivity index (χ0n) is 6.03. The van der Waals surface area contributed by atoms with Gasteiger partial charge in [0.05, 0.1) is 17.6 Å². The zero-order chi connectivity index (χ0) is 9.19. The molecule has 7 heteroatoms. The highest BCUT2D eigenvalue weighted by molar-refractivity contribution is 9.10. The van der Waals surface area contributed by atoms with Crippen molar-refractivity contribution >= 4 is 31.9 Å². The van der Waals surface area contributed by atoms with Crippen molar-refractivity contribution in [2.75, 3.05) is 18.5 Å². The van der Waals surface area contributed by atoms with E-state index in [0.29, 0.717) is 5.33 Å². The first-order valence-electron chi connectivity index (χ1n) is 3.23. The zero-order valence-corrected chi connectivity index (χ0v) is 9.21. The van der Waals surface area contributed by atoms with E-state index in [4.69, 9.17) is 9.47 Å². The van der Waals surface area contributed by atoms with Crippen LogP contribution < -0.4 is 0 Å². The minimum Gasteiger partial charge on any atom is -0.363 e. The van der Waals surface area contributed by atoms with Crippen LogP contribution in [-0.2, 0) is 9.47 Å². The van der Waals surface area contributed by atoms with E-state index in [1.807, 2.05) is 0 Å². The molecule has 0 radical (unpaired) electrons. The van der Waals surface area contributed by atoms with E-state index in [9.17, 15) is 10.1 Å². The number of nitrogens with zero attached hydrogens (tertiary/aromatic N) is 1. The Kier molecular flexibility index (Phi) is 3.45. The molecule has 2 atom stereocenters. The molecule has 0 aromatic rings. The summed E-state index contributed by atoms with van der Waals surface area (Å²) >= 11 is 6.05. The lowest BCUT2D eigenvalue weighted by Gasteiger charge is -2.28. The van der Waals surface area contributed by atoms with Crippen LogP contribution in [0.4, 0.5) is 0 Å². The maximum Gasteiger partial charge on any atom is 0.403 e. The van der Waals surface area contributed by atoms with Crippen molar-refractivity contribution in [1.82, 2.24) is 0 Å². The quantitative estimate of drug-likeness (QED) is 0.332. The van der Waals surface area contributed by atoms with Crippen molar-refractivity contribution in [1.29, 1.82) is 0 Å². The lowest BCUT2D eigenvalue weighted by Crippen LogP contribution is -2.48. The maximum absolute atomic E-state index is 10.4. The average molecular weight is 305 g/mol. The standard InChI is InChI=1S/C5H7Br2NO4/c6-1-4-2-12-5(7,3-11-4)8(9)10/h4H,1-3H2. The van der Waals surface area contributed by atoms with Gasteiger partial charge in [-0.1, -0.05) is 15.9 Å². The SMILES string of the molecule is O=[N+]([O-])C1(Br)COC(CBr)CO1. The molecular formula is C5H7Br2NO4. The van der Waals surface area contributed by atoms with Crippen LogP contribution in [0.2, 0.25) is 0 Å². The first kappa shape index (κ1) is 10.4. The smallest absolute Gasteiger partial charge is 0.363 e. The average Bonchev–Trinajstić information content (AvgIpc) is 2.06. The van der Waals surface area contributed by atoms with Crippen LogP contribution in [-0.4, -0.2) is 34.2 Å². The van der Waals surface area contributed by atoms with Gasteiger partial charge in [0.25, 0.3) is 0 Å². The minimum atomic E-state index is -1.55. The van der Waals surface area contributed by atoms with Gasteiger partial charge in [0.1, 0.15) is 0 Å². The summed E-state index contributed by atoms with van der Waals surface area (Å²) in [5.74, 6) is 0. The summed E-state index contributed by atoms with van der Waals surface area (Å²) in [4.78, 5) is 9.87. The third-order valence-electron chi connectivity index (χ3n) is 1.43.